The van der Waals surface area contributed by atoms with E-state index < -0.39 is 24.0 Å². The van der Waals surface area contributed by atoms with Crippen LogP contribution in [-0.4, -0.2) is 72.1 Å². The molecule has 14 heteroatoms. The molecular weight excluding hydrogens is 575 g/mol. The molecule has 42 heavy (non-hydrogen) atoms. The monoisotopic (exact) mass is 607 g/mol. The molecule has 3 aromatic rings. The molecule has 2 aliphatic heterocycles. The zero-order valence-electron chi connectivity index (χ0n) is 23.7. The maximum absolute atomic E-state index is 13.1. The first kappa shape index (κ1) is 29.8. The molecule has 1 unspecified atom stereocenters. The van der Waals surface area contributed by atoms with Gasteiger partial charge in [-0.3, -0.25) is 9.58 Å². The Morgan fingerprint density at radius 2 is 1.81 bits per heavy atom. The Morgan fingerprint density at radius 1 is 1.12 bits per heavy atom. The first-order chi connectivity index (χ1) is 20.1. The number of halogens is 3. The van der Waals surface area contributed by atoms with E-state index in [2.05, 4.69) is 10.3 Å². The number of thiazole rings is 1. The highest BCUT2D eigenvalue weighted by Crippen LogP contribution is 2.43. The van der Waals surface area contributed by atoms with Crippen molar-refractivity contribution in [3.63, 3.8) is 0 Å². The molecule has 1 fully saturated rings. The molecule has 226 valence electrons. The lowest BCUT2D eigenvalue weighted by atomic mass is 9.96. The Bertz CT molecular complexity index is 1420. The van der Waals surface area contributed by atoms with Gasteiger partial charge in [0.1, 0.15) is 29.2 Å². The van der Waals surface area contributed by atoms with Gasteiger partial charge < -0.3 is 23.8 Å². The molecular formula is C28H32F3N5O5S. The minimum absolute atomic E-state index is 0.0717. The van der Waals surface area contributed by atoms with Gasteiger partial charge in [0, 0.05) is 35.5 Å². The van der Waals surface area contributed by atoms with Crippen molar-refractivity contribution in [3.05, 3.63) is 51.2 Å². The fraction of sp³-hybridized carbons (Fsp3) is 0.500. The normalized spacial score (nSPS) is 18.8. The molecule has 1 aromatic carbocycles. The number of likely N-dealkylation sites (tertiary alicyclic amines) is 1. The average Bonchev–Trinajstić information content (AvgIpc) is 3.75. The number of hydrogen-bond donors (Lipinski definition) is 0. The van der Waals surface area contributed by atoms with Crippen LogP contribution in [0.4, 0.5) is 13.2 Å². The Morgan fingerprint density at radius 3 is 2.38 bits per heavy atom. The number of aromatic nitrogens is 3. The second kappa shape index (κ2) is 12.3. The summed E-state index contributed by atoms with van der Waals surface area (Å²) in [5.41, 5.74) is 1.64. The van der Waals surface area contributed by atoms with Crippen molar-refractivity contribution in [1.29, 1.82) is 0 Å². The molecule has 0 aliphatic carbocycles. The number of ether oxygens (including phenoxy) is 3. The number of oxime groups is 1. The number of benzene rings is 1. The van der Waals surface area contributed by atoms with E-state index in [4.69, 9.17) is 24.0 Å². The number of piperidine rings is 1. The maximum atomic E-state index is 13.1. The summed E-state index contributed by atoms with van der Waals surface area (Å²) >= 11 is 1.56. The van der Waals surface area contributed by atoms with Gasteiger partial charge in [0.2, 0.25) is 0 Å². The highest BCUT2D eigenvalue weighted by molar-refractivity contribution is 7.10. The predicted octanol–water partition coefficient (Wildman–Crippen LogP) is 5.01. The van der Waals surface area contributed by atoms with Crippen LogP contribution in [0.15, 0.2) is 28.7 Å². The van der Waals surface area contributed by atoms with Crippen molar-refractivity contribution in [2.75, 3.05) is 34.4 Å². The van der Waals surface area contributed by atoms with Gasteiger partial charge in [-0.05, 0) is 38.9 Å². The highest BCUT2D eigenvalue weighted by atomic mass is 32.1. The third kappa shape index (κ3) is 6.09. The summed E-state index contributed by atoms with van der Waals surface area (Å²) in [6, 6.07) is 3.99. The van der Waals surface area contributed by atoms with Crippen molar-refractivity contribution >= 4 is 23.3 Å². The number of methoxy groups -OCH3 is 3. The summed E-state index contributed by atoms with van der Waals surface area (Å²) in [4.78, 5) is 24.6. The van der Waals surface area contributed by atoms with Crippen LogP contribution in [0.3, 0.4) is 0 Å². The van der Waals surface area contributed by atoms with Gasteiger partial charge in [0.15, 0.2) is 11.8 Å². The van der Waals surface area contributed by atoms with Gasteiger partial charge in [-0.2, -0.15) is 18.3 Å². The van der Waals surface area contributed by atoms with Crippen LogP contribution in [0, 0.1) is 6.92 Å². The number of rotatable bonds is 10. The summed E-state index contributed by atoms with van der Waals surface area (Å²) in [7, 11) is 4.72. The van der Waals surface area contributed by atoms with Crippen LogP contribution >= 0.6 is 11.3 Å². The van der Waals surface area contributed by atoms with Gasteiger partial charge in [-0.1, -0.05) is 5.16 Å². The van der Waals surface area contributed by atoms with E-state index in [9.17, 15) is 18.0 Å². The number of alkyl halides is 3. The molecule has 1 saturated heterocycles. The minimum atomic E-state index is -4.52. The van der Waals surface area contributed by atoms with Gasteiger partial charge in [-0.25, -0.2) is 4.98 Å². The van der Waals surface area contributed by atoms with Crippen LogP contribution in [0.1, 0.15) is 58.9 Å². The van der Waals surface area contributed by atoms with Gasteiger partial charge in [0.25, 0.3) is 0 Å². The Balaban J connectivity index is 1.20. The number of carbonyl (C=O) groups is 1. The minimum Gasteiger partial charge on any atom is -0.496 e. The number of hydrogen-bond acceptors (Lipinski definition) is 10. The van der Waals surface area contributed by atoms with Gasteiger partial charge in [0.05, 0.1) is 50.2 Å². The third-order valence-electron chi connectivity index (χ3n) is 7.70. The van der Waals surface area contributed by atoms with Gasteiger partial charge in [-0.15, -0.1) is 11.3 Å². The Labute approximate surface area is 245 Å². The van der Waals surface area contributed by atoms with Crippen LogP contribution in [0.2, 0.25) is 0 Å². The predicted molar refractivity (Wildman–Crippen MR) is 149 cm³/mol. The van der Waals surface area contributed by atoms with Crippen molar-refractivity contribution in [3.8, 4) is 17.2 Å². The molecule has 0 radical (unpaired) electrons. The maximum Gasteiger partial charge on any atom is 0.435 e. The standard InChI is InChI=1S/C28H32F3N5O5S/c1-16-9-25(28(29,30)31)33-36(16)13-18(14-37)35-7-5-17(6-8-35)27-32-21(15-42-27)20-12-24(41-34-20)26-22(39-3)10-19(38-2)11-23(26)40-4/h9-11,14-15,17-18,24H,5-8,12-13H2,1-4H3/t18?,24-/m1/s1. The van der Waals surface area contributed by atoms with Crippen LogP contribution in [0.5, 0.6) is 17.2 Å². The van der Waals surface area contributed by atoms with Crippen molar-refractivity contribution in [2.45, 2.75) is 57.0 Å². The first-order valence-corrected chi connectivity index (χ1v) is 14.3. The van der Waals surface area contributed by atoms with E-state index in [0.29, 0.717) is 42.5 Å². The SMILES string of the molecule is COc1cc(OC)c([C@H]2CC(c3csc(C4CCN(C(C=O)Cn5nc(C(F)(F)F)cc5C)CC4)n3)=NO2)c(OC)c1. The second-order valence-electron chi connectivity index (χ2n) is 10.2. The number of carbonyl (C=O) groups excluding carboxylic acids is 1. The Kier molecular flexibility index (Phi) is 8.73. The molecule has 0 spiro atoms. The summed E-state index contributed by atoms with van der Waals surface area (Å²) < 4.78 is 56.9. The van der Waals surface area contributed by atoms with Crippen LogP contribution < -0.4 is 14.2 Å². The quantitative estimate of drug-likeness (QED) is 0.297. The molecule has 4 heterocycles. The third-order valence-corrected chi connectivity index (χ3v) is 8.71. The summed E-state index contributed by atoms with van der Waals surface area (Å²) in [6.07, 6.45) is -2.11. The molecule has 0 amide bonds. The van der Waals surface area contributed by atoms with Crippen LogP contribution in [0.25, 0.3) is 0 Å². The fourth-order valence-electron chi connectivity index (χ4n) is 5.37. The molecule has 2 atom stereocenters. The molecule has 5 rings (SSSR count). The van der Waals surface area contributed by atoms with Gasteiger partial charge >= 0.3 is 6.18 Å². The largest absolute Gasteiger partial charge is 0.496 e. The number of aryl methyl sites for hydroxylation is 1. The van der Waals surface area contributed by atoms with E-state index in [1.165, 1.54) is 4.68 Å². The van der Waals surface area contributed by atoms with Crippen LogP contribution in [-0.2, 0) is 22.4 Å². The lowest BCUT2D eigenvalue weighted by Crippen LogP contribution is -2.44. The number of aldehydes is 1. The number of nitrogens with zero attached hydrogens (tertiary/aromatic N) is 5. The lowest BCUT2D eigenvalue weighted by Gasteiger charge is -2.34. The first-order valence-electron chi connectivity index (χ1n) is 13.4. The van der Waals surface area contributed by atoms with E-state index >= 15 is 0 Å². The Hall–Kier alpha value is -3.65. The van der Waals surface area contributed by atoms with Crippen molar-refractivity contribution in [2.24, 2.45) is 5.16 Å². The molecule has 0 bridgehead atoms. The molecule has 0 N–H and O–H groups in total. The molecule has 10 nitrogen and oxygen atoms in total. The summed E-state index contributed by atoms with van der Waals surface area (Å²) in [6.45, 7) is 2.88. The lowest BCUT2D eigenvalue weighted by molar-refractivity contribution is -0.141. The molecule has 2 aliphatic rings. The zero-order valence-corrected chi connectivity index (χ0v) is 24.5. The zero-order chi connectivity index (χ0) is 30.0. The summed E-state index contributed by atoms with van der Waals surface area (Å²) in [5, 5.41) is 10.9. The highest BCUT2D eigenvalue weighted by Gasteiger charge is 2.36. The van der Waals surface area contributed by atoms with E-state index in [1.54, 1.807) is 51.7 Å². The van der Waals surface area contributed by atoms with Crippen molar-refractivity contribution < 1.29 is 37.0 Å². The topological polar surface area (TPSA) is 100 Å². The van der Waals surface area contributed by atoms with E-state index in [-0.39, 0.29) is 12.5 Å². The van der Waals surface area contributed by atoms with E-state index in [0.717, 1.165) is 47.2 Å². The smallest absolute Gasteiger partial charge is 0.435 e. The summed E-state index contributed by atoms with van der Waals surface area (Å²) in [5.74, 6) is 1.97. The molecule has 2 aromatic heterocycles. The molecule has 0 saturated carbocycles. The fourth-order valence-corrected chi connectivity index (χ4v) is 6.37. The van der Waals surface area contributed by atoms with Crippen molar-refractivity contribution in [1.82, 2.24) is 19.7 Å². The second-order valence-corrected chi connectivity index (χ2v) is 11.1. The average molecular weight is 608 g/mol. The van der Waals surface area contributed by atoms with E-state index in [1.807, 2.05) is 10.3 Å².